The fourth-order valence-electron chi connectivity index (χ4n) is 4.19. The van der Waals surface area contributed by atoms with Gasteiger partial charge in [0, 0.05) is 51.2 Å². The summed E-state index contributed by atoms with van der Waals surface area (Å²) in [7, 11) is 0. The number of pyridine rings is 2. The smallest absolute Gasteiger partial charge is 0.258 e. The number of nitrogens with zero attached hydrogens (tertiary/aromatic N) is 4. The van der Waals surface area contributed by atoms with Gasteiger partial charge in [-0.15, -0.1) is 0 Å². The second-order valence-electron chi connectivity index (χ2n) is 7.48. The van der Waals surface area contributed by atoms with Gasteiger partial charge in [0.05, 0.1) is 16.7 Å². The first-order chi connectivity index (χ1) is 13.0. The quantitative estimate of drug-likeness (QED) is 0.831. The highest BCUT2D eigenvalue weighted by molar-refractivity contribution is 5.94. The summed E-state index contributed by atoms with van der Waals surface area (Å²) in [6.45, 7) is 1.55. The van der Waals surface area contributed by atoms with E-state index in [1.807, 2.05) is 23.1 Å². The standard InChI is InChI=1S/C20H22F2N4O/c21-20(22)7-11-26(18(27)16-4-3-8-23-12-16)15-19(20)6-10-25(14-19)13-17-5-1-2-9-24-17/h1-5,8-9,12H,6-7,10-11,13-15H2. The summed E-state index contributed by atoms with van der Waals surface area (Å²) < 4.78 is 29.8. The van der Waals surface area contributed by atoms with Crippen LogP contribution in [-0.2, 0) is 6.54 Å². The summed E-state index contributed by atoms with van der Waals surface area (Å²) in [5.74, 6) is -3.00. The Balaban J connectivity index is 1.51. The number of alkyl halides is 2. The first kappa shape index (κ1) is 18.0. The van der Waals surface area contributed by atoms with Gasteiger partial charge >= 0.3 is 0 Å². The number of carbonyl (C=O) groups excluding carboxylic acids is 1. The zero-order valence-electron chi connectivity index (χ0n) is 15.0. The molecule has 1 unspecified atom stereocenters. The van der Waals surface area contributed by atoms with E-state index in [1.54, 1.807) is 29.4 Å². The number of halogens is 2. The van der Waals surface area contributed by atoms with Crippen molar-refractivity contribution in [2.75, 3.05) is 26.2 Å². The largest absolute Gasteiger partial charge is 0.338 e. The molecule has 0 aliphatic carbocycles. The molecule has 2 aromatic heterocycles. The van der Waals surface area contributed by atoms with Crippen LogP contribution >= 0.6 is 0 Å². The van der Waals surface area contributed by atoms with Crippen LogP contribution in [0.3, 0.4) is 0 Å². The van der Waals surface area contributed by atoms with Crippen molar-refractivity contribution < 1.29 is 13.6 Å². The van der Waals surface area contributed by atoms with Gasteiger partial charge < -0.3 is 4.90 Å². The van der Waals surface area contributed by atoms with E-state index >= 15 is 0 Å². The minimum atomic E-state index is -2.78. The molecule has 2 saturated heterocycles. The molecule has 4 rings (SSSR count). The minimum absolute atomic E-state index is 0.0721. The van der Waals surface area contributed by atoms with Crippen LogP contribution in [0.5, 0.6) is 0 Å². The normalized spacial score (nSPS) is 25.0. The van der Waals surface area contributed by atoms with E-state index in [1.165, 1.54) is 6.20 Å². The van der Waals surface area contributed by atoms with Crippen LogP contribution < -0.4 is 0 Å². The average molecular weight is 372 g/mol. The zero-order valence-corrected chi connectivity index (χ0v) is 15.0. The number of rotatable bonds is 3. The van der Waals surface area contributed by atoms with Crippen LogP contribution in [-0.4, -0.2) is 57.8 Å². The Morgan fingerprint density at radius 3 is 2.70 bits per heavy atom. The molecule has 142 valence electrons. The van der Waals surface area contributed by atoms with Crippen molar-refractivity contribution in [3.8, 4) is 0 Å². The molecular weight excluding hydrogens is 350 g/mol. The number of likely N-dealkylation sites (tertiary alicyclic amines) is 2. The molecule has 1 atom stereocenters. The topological polar surface area (TPSA) is 49.3 Å². The SMILES string of the molecule is O=C(c1cccnc1)N1CCC(F)(F)C2(CCN(Cc3ccccn3)C2)C1. The molecule has 7 heteroatoms. The van der Waals surface area contributed by atoms with Gasteiger partial charge in [-0.2, -0.15) is 0 Å². The molecule has 2 fully saturated rings. The van der Waals surface area contributed by atoms with Crippen LogP contribution in [0.15, 0.2) is 48.9 Å². The van der Waals surface area contributed by atoms with Gasteiger partial charge in [0.15, 0.2) is 0 Å². The number of amides is 1. The van der Waals surface area contributed by atoms with Gasteiger partial charge in [0.2, 0.25) is 0 Å². The van der Waals surface area contributed by atoms with Crippen LogP contribution in [0, 0.1) is 5.41 Å². The Bertz CT molecular complexity index is 802. The first-order valence-electron chi connectivity index (χ1n) is 9.19. The zero-order chi connectivity index (χ0) is 18.9. The van der Waals surface area contributed by atoms with Crippen molar-refractivity contribution in [3.63, 3.8) is 0 Å². The Labute approximate surface area is 157 Å². The lowest BCUT2D eigenvalue weighted by molar-refractivity contribution is -0.155. The monoisotopic (exact) mass is 372 g/mol. The van der Waals surface area contributed by atoms with Gasteiger partial charge in [0.25, 0.3) is 11.8 Å². The van der Waals surface area contributed by atoms with E-state index in [4.69, 9.17) is 0 Å². The van der Waals surface area contributed by atoms with Crippen molar-refractivity contribution in [2.45, 2.75) is 25.3 Å². The third kappa shape index (κ3) is 3.43. The lowest BCUT2D eigenvalue weighted by Crippen LogP contribution is -2.58. The Kier molecular flexibility index (Phi) is 4.63. The third-order valence-corrected chi connectivity index (χ3v) is 5.71. The Hall–Kier alpha value is -2.41. The molecule has 0 N–H and O–H groups in total. The molecular formula is C20H22F2N4O. The highest BCUT2D eigenvalue weighted by Gasteiger charge is 2.59. The second kappa shape index (κ2) is 6.96. The van der Waals surface area contributed by atoms with E-state index in [-0.39, 0.29) is 32.0 Å². The summed E-state index contributed by atoms with van der Waals surface area (Å²) in [5, 5.41) is 0. The van der Waals surface area contributed by atoms with Gasteiger partial charge in [-0.25, -0.2) is 8.78 Å². The summed E-state index contributed by atoms with van der Waals surface area (Å²) in [5.41, 5.74) is 0.121. The molecule has 5 nitrogen and oxygen atoms in total. The first-order valence-corrected chi connectivity index (χ1v) is 9.19. The van der Waals surface area contributed by atoms with E-state index in [9.17, 15) is 13.6 Å². The van der Waals surface area contributed by atoms with Gasteiger partial charge in [-0.3, -0.25) is 19.7 Å². The summed E-state index contributed by atoms with van der Waals surface area (Å²) >= 11 is 0. The van der Waals surface area contributed by atoms with Crippen molar-refractivity contribution in [2.24, 2.45) is 5.41 Å². The molecule has 0 radical (unpaired) electrons. The van der Waals surface area contributed by atoms with Crippen LogP contribution in [0.4, 0.5) is 8.78 Å². The molecule has 2 aliphatic heterocycles. The van der Waals surface area contributed by atoms with Crippen LogP contribution in [0.2, 0.25) is 0 Å². The maximum absolute atomic E-state index is 14.9. The van der Waals surface area contributed by atoms with E-state index in [0.29, 0.717) is 25.1 Å². The Morgan fingerprint density at radius 1 is 1.07 bits per heavy atom. The van der Waals surface area contributed by atoms with Crippen molar-refractivity contribution in [3.05, 3.63) is 60.2 Å². The molecule has 4 heterocycles. The molecule has 2 aliphatic rings. The number of hydrogen-bond acceptors (Lipinski definition) is 4. The van der Waals surface area contributed by atoms with E-state index < -0.39 is 11.3 Å². The molecule has 1 spiro atoms. The predicted molar refractivity (Wildman–Crippen MR) is 96.3 cm³/mol. The molecule has 2 aromatic rings. The van der Waals surface area contributed by atoms with E-state index in [0.717, 1.165) is 5.69 Å². The fraction of sp³-hybridized carbons (Fsp3) is 0.450. The highest BCUT2D eigenvalue weighted by Crippen LogP contribution is 2.49. The second-order valence-corrected chi connectivity index (χ2v) is 7.48. The molecule has 1 amide bonds. The predicted octanol–water partition coefficient (Wildman–Crippen LogP) is 2.85. The third-order valence-electron chi connectivity index (χ3n) is 5.71. The van der Waals surface area contributed by atoms with Crippen molar-refractivity contribution >= 4 is 5.91 Å². The van der Waals surface area contributed by atoms with Gasteiger partial charge in [-0.1, -0.05) is 6.07 Å². The van der Waals surface area contributed by atoms with Crippen LogP contribution in [0.1, 0.15) is 28.9 Å². The van der Waals surface area contributed by atoms with Crippen molar-refractivity contribution in [1.82, 2.24) is 19.8 Å². The molecule has 0 bridgehead atoms. The van der Waals surface area contributed by atoms with Crippen LogP contribution in [0.25, 0.3) is 0 Å². The number of carbonyl (C=O) groups is 1. The summed E-state index contributed by atoms with van der Waals surface area (Å²) in [6.07, 6.45) is 4.88. The Morgan fingerprint density at radius 2 is 1.96 bits per heavy atom. The summed E-state index contributed by atoms with van der Waals surface area (Å²) in [6, 6.07) is 9.01. The number of piperidine rings is 1. The molecule has 27 heavy (non-hydrogen) atoms. The van der Waals surface area contributed by atoms with E-state index in [2.05, 4.69) is 9.97 Å². The number of aromatic nitrogens is 2. The fourth-order valence-corrected chi connectivity index (χ4v) is 4.19. The lowest BCUT2D eigenvalue weighted by atomic mass is 9.75. The lowest BCUT2D eigenvalue weighted by Gasteiger charge is -2.46. The minimum Gasteiger partial charge on any atom is -0.338 e. The molecule has 0 aromatic carbocycles. The number of hydrogen-bond donors (Lipinski definition) is 0. The van der Waals surface area contributed by atoms with Crippen molar-refractivity contribution in [1.29, 1.82) is 0 Å². The van der Waals surface area contributed by atoms with Gasteiger partial charge in [0.1, 0.15) is 0 Å². The highest BCUT2D eigenvalue weighted by atomic mass is 19.3. The van der Waals surface area contributed by atoms with Gasteiger partial charge in [-0.05, 0) is 37.2 Å². The average Bonchev–Trinajstić information content (AvgIpc) is 3.09. The maximum atomic E-state index is 14.9. The summed E-state index contributed by atoms with van der Waals surface area (Å²) in [4.78, 5) is 24.6. The molecule has 0 saturated carbocycles. The maximum Gasteiger partial charge on any atom is 0.258 e.